The lowest BCUT2D eigenvalue weighted by atomic mass is 10.0. The van der Waals surface area contributed by atoms with Crippen molar-refractivity contribution >= 4 is 12.2 Å². The van der Waals surface area contributed by atoms with Gasteiger partial charge in [0.1, 0.15) is 11.5 Å². The van der Waals surface area contributed by atoms with Crippen LogP contribution in [0.15, 0.2) is 52.7 Å². The summed E-state index contributed by atoms with van der Waals surface area (Å²) in [6.45, 7) is 0. The number of benzene rings is 2. The summed E-state index contributed by atoms with van der Waals surface area (Å²) < 4.78 is 5.12. The van der Waals surface area contributed by atoms with Crippen LogP contribution in [0.3, 0.4) is 0 Å². The molecule has 0 amide bonds. The van der Waals surface area contributed by atoms with Crippen molar-refractivity contribution in [3.63, 3.8) is 0 Å². The molecule has 0 unspecified atom stereocenters. The third-order valence-electron chi connectivity index (χ3n) is 2.82. The fourth-order valence-corrected chi connectivity index (χ4v) is 1.78. The van der Waals surface area contributed by atoms with E-state index in [0.717, 1.165) is 16.9 Å². The molecule has 0 saturated heterocycles. The second-order valence-electron chi connectivity index (χ2n) is 4.27. The van der Waals surface area contributed by atoms with Gasteiger partial charge in [-0.05, 0) is 35.4 Å². The van der Waals surface area contributed by atoms with Gasteiger partial charge in [0.25, 0.3) is 0 Å². The first-order chi connectivity index (χ1) is 10.1. The Morgan fingerprint density at radius 1 is 1.10 bits per heavy atom. The van der Waals surface area contributed by atoms with E-state index in [9.17, 15) is 5.11 Å². The fraction of sp³-hybridized carbons (Fsp3) is 0.0667. The van der Waals surface area contributed by atoms with Crippen molar-refractivity contribution in [3.8, 4) is 22.6 Å². The molecule has 2 rings (SSSR count). The van der Waals surface area contributed by atoms with E-state index < -0.39 is 0 Å². The highest BCUT2D eigenvalue weighted by Crippen LogP contribution is 2.26. The average molecular weight is 284 g/mol. The number of phenolic OH excluding ortho intramolecular Hbond substituents is 1. The summed E-state index contributed by atoms with van der Waals surface area (Å²) in [6.07, 6.45) is 1.39. The normalized spacial score (nSPS) is 10.5. The molecule has 108 valence electrons. The van der Waals surface area contributed by atoms with E-state index in [4.69, 9.17) is 16.2 Å². The monoisotopic (exact) mass is 284 g/mol. The van der Waals surface area contributed by atoms with E-state index in [1.54, 1.807) is 19.2 Å². The van der Waals surface area contributed by atoms with Gasteiger partial charge in [0.05, 0.1) is 13.3 Å². The maximum Gasteiger partial charge on any atom is 0.211 e. The molecular formula is C15H16N4O2. The number of hydrogen-bond acceptors (Lipinski definition) is 4. The molecule has 2 aromatic carbocycles. The van der Waals surface area contributed by atoms with E-state index >= 15 is 0 Å². The highest BCUT2D eigenvalue weighted by atomic mass is 16.5. The summed E-state index contributed by atoms with van der Waals surface area (Å²) in [6, 6.07) is 12.8. The molecule has 0 radical (unpaired) electrons. The highest BCUT2D eigenvalue weighted by molar-refractivity contribution is 5.87. The molecule has 2 aromatic rings. The molecule has 0 atom stereocenters. The summed E-state index contributed by atoms with van der Waals surface area (Å²) in [5.74, 6) is 0.742. The minimum absolute atomic E-state index is 0.0989. The average Bonchev–Trinajstić information content (AvgIpc) is 2.49. The summed E-state index contributed by atoms with van der Waals surface area (Å²) in [5, 5.41) is 17.0. The third kappa shape index (κ3) is 3.73. The van der Waals surface area contributed by atoms with Crippen LogP contribution in [0.5, 0.6) is 11.5 Å². The topological polar surface area (TPSA) is 106 Å². The predicted octanol–water partition coefficient (Wildman–Crippen LogP) is 1.68. The van der Waals surface area contributed by atoms with Crippen molar-refractivity contribution in [1.82, 2.24) is 0 Å². The molecule has 0 aromatic heterocycles. The zero-order valence-corrected chi connectivity index (χ0v) is 11.5. The first kappa shape index (κ1) is 14.4. The summed E-state index contributed by atoms with van der Waals surface area (Å²) in [7, 11) is 1.62. The van der Waals surface area contributed by atoms with Crippen molar-refractivity contribution in [2.75, 3.05) is 7.11 Å². The Hall–Kier alpha value is -3.02. The van der Waals surface area contributed by atoms with Crippen LogP contribution < -0.4 is 16.2 Å². The Bertz CT molecular complexity index is 675. The van der Waals surface area contributed by atoms with Crippen LogP contribution in [-0.2, 0) is 0 Å². The van der Waals surface area contributed by atoms with Crippen molar-refractivity contribution in [3.05, 3.63) is 48.0 Å². The molecule has 5 N–H and O–H groups in total. The lowest BCUT2D eigenvalue weighted by Gasteiger charge is -2.06. The molecule has 0 aliphatic heterocycles. The SMILES string of the molecule is COc1ccc(-c2ccc(O)c(C=NN=C(N)N)c2)cc1. The fourth-order valence-electron chi connectivity index (χ4n) is 1.78. The molecule has 21 heavy (non-hydrogen) atoms. The number of aromatic hydroxyl groups is 1. The number of phenols is 1. The molecule has 0 heterocycles. The maximum absolute atomic E-state index is 9.81. The van der Waals surface area contributed by atoms with Gasteiger partial charge < -0.3 is 21.3 Å². The molecule has 6 nitrogen and oxygen atoms in total. The number of hydrogen-bond donors (Lipinski definition) is 3. The number of rotatable bonds is 4. The van der Waals surface area contributed by atoms with Gasteiger partial charge in [0.15, 0.2) is 0 Å². The molecule has 0 saturated carbocycles. The summed E-state index contributed by atoms with van der Waals surface area (Å²) >= 11 is 0. The van der Waals surface area contributed by atoms with Gasteiger partial charge in [-0.3, -0.25) is 0 Å². The van der Waals surface area contributed by atoms with Crippen molar-refractivity contribution in [1.29, 1.82) is 0 Å². The van der Waals surface area contributed by atoms with Gasteiger partial charge in [-0.15, -0.1) is 5.10 Å². The first-order valence-electron chi connectivity index (χ1n) is 6.19. The van der Waals surface area contributed by atoms with Gasteiger partial charge in [-0.1, -0.05) is 18.2 Å². The van der Waals surface area contributed by atoms with Crippen molar-refractivity contribution in [2.45, 2.75) is 0 Å². The van der Waals surface area contributed by atoms with Gasteiger partial charge in [0, 0.05) is 5.56 Å². The van der Waals surface area contributed by atoms with E-state index in [1.807, 2.05) is 30.3 Å². The molecule has 0 aliphatic carbocycles. The van der Waals surface area contributed by atoms with Crippen molar-refractivity contribution < 1.29 is 9.84 Å². The van der Waals surface area contributed by atoms with Gasteiger partial charge in [-0.25, -0.2) is 0 Å². The van der Waals surface area contributed by atoms with Crippen LogP contribution in [0.4, 0.5) is 0 Å². The standard InChI is InChI=1S/C15H16N4O2/c1-21-13-5-2-10(3-6-13)11-4-7-14(20)12(8-11)9-18-19-15(16)17/h2-9,20H,1H3,(H4,16,17,19). The van der Waals surface area contributed by atoms with Gasteiger partial charge >= 0.3 is 0 Å². The largest absolute Gasteiger partial charge is 0.507 e. The van der Waals surface area contributed by atoms with E-state index in [0.29, 0.717) is 5.56 Å². The van der Waals surface area contributed by atoms with Gasteiger partial charge in [0.2, 0.25) is 5.96 Å². The Kier molecular flexibility index (Phi) is 4.40. The second kappa shape index (κ2) is 6.42. The molecule has 6 heteroatoms. The number of methoxy groups -OCH3 is 1. The molecule has 0 fully saturated rings. The number of nitrogens with zero attached hydrogens (tertiary/aromatic N) is 2. The molecule has 0 bridgehead atoms. The lowest BCUT2D eigenvalue weighted by Crippen LogP contribution is -2.21. The van der Waals surface area contributed by atoms with Crippen molar-refractivity contribution in [2.24, 2.45) is 21.7 Å². The van der Waals surface area contributed by atoms with Crippen LogP contribution in [0, 0.1) is 0 Å². The zero-order valence-electron chi connectivity index (χ0n) is 11.5. The zero-order chi connectivity index (χ0) is 15.2. The highest BCUT2D eigenvalue weighted by Gasteiger charge is 2.03. The van der Waals surface area contributed by atoms with Crippen LogP contribution in [0.25, 0.3) is 11.1 Å². The van der Waals surface area contributed by atoms with Crippen LogP contribution in [0.2, 0.25) is 0 Å². The number of ether oxygens (including phenoxy) is 1. The lowest BCUT2D eigenvalue weighted by molar-refractivity contribution is 0.415. The summed E-state index contributed by atoms with van der Waals surface area (Å²) in [5.41, 5.74) is 12.8. The van der Waals surface area contributed by atoms with Crippen LogP contribution >= 0.6 is 0 Å². The molecule has 0 spiro atoms. The quantitative estimate of drug-likeness (QED) is 0.451. The van der Waals surface area contributed by atoms with E-state index in [1.165, 1.54) is 6.21 Å². The van der Waals surface area contributed by atoms with Gasteiger partial charge in [-0.2, -0.15) is 5.10 Å². The predicted molar refractivity (Wildman–Crippen MR) is 83.5 cm³/mol. The van der Waals surface area contributed by atoms with Crippen LogP contribution in [-0.4, -0.2) is 24.4 Å². The van der Waals surface area contributed by atoms with Crippen LogP contribution in [0.1, 0.15) is 5.56 Å². The van der Waals surface area contributed by atoms with E-state index in [-0.39, 0.29) is 11.7 Å². The summed E-state index contributed by atoms with van der Waals surface area (Å²) in [4.78, 5) is 0. The van der Waals surface area contributed by atoms with E-state index in [2.05, 4.69) is 10.2 Å². The Morgan fingerprint density at radius 2 is 1.76 bits per heavy atom. The minimum atomic E-state index is -0.142. The second-order valence-corrected chi connectivity index (χ2v) is 4.27. The number of guanidine groups is 1. The number of nitrogens with two attached hydrogens (primary N) is 2. The third-order valence-corrected chi connectivity index (χ3v) is 2.82. The molecule has 0 aliphatic rings. The minimum Gasteiger partial charge on any atom is -0.507 e. The molecular weight excluding hydrogens is 268 g/mol. The Balaban J connectivity index is 2.33. The first-order valence-corrected chi connectivity index (χ1v) is 6.19. The Morgan fingerprint density at radius 3 is 2.38 bits per heavy atom. The smallest absolute Gasteiger partial charge is 0.211 e. The Labute approximate surface area is 122 Å². The maximum atomic E-state index is 9.81.